The van der Waals surface area contributed by atoms with E-state index in [4.69, 9.17) is 0 Å². The molecule has 21 heavy (non-hydrogen) atoms. The summed E-state index contributed by atoms with van der Waals surface area (Å²) >= 11 is 0. The van der Waals surface area contributed by atoms with Crippen molar-refractivity contribution in [2.75, 3.05) is 0 Å². The Morgan fingerprint density at radius 1 is 0.905 bits per heavy atom. The molecule has 2 nitrogen and oxygen atoms in total. The largest absolute Gasteiger partial charge is 0.353 e. The zero-order chi connectivity index (χ0) is 14.1. The Labute approximate surface area is 125 Å². The average Bonchev–Trinajstić information content (AvgIpc) is 3.17. The van der Waals surface area contributed by atoms with Crippen LogP contribution in [0.2, 0.25) is 0 Å². The molecule has 1 aliphatic rings. The van der Waals surface area contributed by atoms with Gasteiger partial charge in [-0.1, -0.05) is 24.3 Å². The number of para-hydroxylation sites is 1. The predicted molar refractivity (Wildman–Crippen MR) is 85.7 cm³/mol. The van der Waals surface area contributed by atoms with Crippen molar-refractivity contribution >= 4 is 10.9 Å². The van der Waals surface area contributed by atoms with Gasteiger partial charge in [-0.3, -0.25) is 4.98 Å². The van der Waals surface area contributed by atoms with Gasteiger partial charge in [-0.2, -0.15) is 0 Å². The number of hydrogen-bond acceptors (Lipinski definition) is 1. The number of pyridine rings is 1. The van der Waals surface area contributed by atoms with Crippen LogP contribution in [0.5, 0.6) is 0 Å². The van der Waals surface area contributed by atoms with Gasteiger partial charge in [-0.05, 0) is 61.8 Å². The fourth-order valence-electron chi connectivity index (χ4n) is 2.85. The van der Waals surface area contributed by atoms with Crippen molar-refractivity contribution in [2.24, 2.45) is 0 Å². The van der Waals surface area contributed by atoms with E-state index in [9.17, 15) is 0 Å². The molecule has 2 heterocycles. The summed E-state index contributed by atoms with van der Waals surface area (Å²) in [4.78, 5) is 8.03. The molecule has 5 radical (unpaired) electrons. The average molecular weight is 271 g/mol. The third-order valence-corrected chi connectivity index (χ3v) is 3.85. The lowest BCUT2D eigenvalue weighted by atomic mass is 9.95. The van der Waals surface area contributed by atoms with Crippen molar-refractivity contribution < 1.29 is 0 Å². The molecule has 0 amide bonds. The van der Waals surface area contributed by atoms with Crippen LogP contribution in [0.25, 0.3) is 22.3 Å². The van der Waals surface area contributed by atoms with Gasteiger partial charge >= 0.3 is 0 Å². The van der Waals surface area contributed by atoms with Gasteiger partial charge in [-0.15, -0.1) is 0 Å². The Balaban J connectivity index is 1.84. The van der Waals surface area contributed by atoms with Crippen LogP contribution in [0.1, 0.15) is 5.56 Å². The standard InChI is InChI=1S/C19H15N2/c1-2-8-14(7-1)13-16-15-9-3-4-10-17(15)21-19(16)18-11-5-6-12-20-18/h1-12,21H,13H2. The van der Waals surface area contributed by atoms with Crippen LogP contribution in [0.4, 0.5) is 0 Å². The Morgan fingerprint density at radius 2 is 1.71 bits per heavy atom. The Bertz CT molecular complexity index is 737. The van der Waals surface area contributed by atoms with Crippen LogP contribution < -0.4 is 0 Å². The molecule has 2 aromatic heterocycles. The molecule has 0 spiro atoms. The van der Waals surface area contributed by atoms with Crippen molar-refractivity contribution in [3.63, 3.8) is 0 Å². The van der Waals surface area contributed by atoms with E-state index >= 15 is 0 Å². The molecular weight excluding hydrogens is 256 g/mol. The summed E-state index contributed by atoms with van der Waals surface area (Å²) in [5.41, 5.74) is 4.60. The molecule has 0 unspecified atom stereocenters. The van der Waals surface area contributed by atoms with Crippen molar-refractivity contribution in [3.8, 4) is 11.4 Å². The first-order chi connectivity index (χ1) is 10.4. The molecule has 0 aliphatic heterocycles. The summed E-state index contributed by atoms with van der Waals surface area (Å²) in [5, 5.41) is 1.28. The summed E-state index contributed by atoms with van der Waals surface area (Å²) in [6.07, 6.45) is 11.3. The molecule has 3 aromatic rings. The fourth-order valence-corrected chi connectivity index (χ4v) is 2.85. The van der Waals surface area contributed by atoms with E-state index in [-0.39, 0.29) is 0 Å². The van der Waals surface area contributed by atoms with E-state index in [0.717, 1.165) is 17.8 Å². The van der Waals surface area contributed by atoms with E-state index in [0.29, 0.717) is 0 Å². The van der Waals surface area contributed by atoms with Gasteiger partial charge in [0.1, 0.15) is 0 Å². The van der Waals surface area contributed by atoms with Crippen LogP contribution in [0.3, 0.4) is 0 Å². The summed E-state index contributed by atoms with van der Waals surface area (Å²) in [6, 6.07) is 14.5. The Kier molecular flexibility index (Phi) is 3.23. The summed E-state index contributed by atoms with van der Waals surface area (Å²) in [7, 11) is 0. The second-order valence-electron chi connectivity index (χ2n) is 5.21. The normalized spacial score (nSPS) is 15.8. The number of benzene rings is 1. The monoisotopic (exact) mass is 271 g/mol. The first-order valence-corrected chi connectivity index (χ1v) is 7.13. The van der Waals surface area contributed by atoms with Crippen LogP contribution in [0.15, 0.2) is 48.7 Å². The second kappa shape index (κ2) is 5.36. The first kappa shape index (κ1) is 12.6. The number of nitrogens with zero attached hydrogens (tertiary/aromatic N) is 1. The summed E-state index contributed by atoms with van der Waals surface area (Å²) < 4.78 is 0. The molecule has 1 aromatic carbocycles. The third-order valence-electron chi connectivity index (χ3n) is 3.85. The molecule has 1 aliphatic carbocycles. The fraction of sp³-hybridized carbons (Fsp3) is 0.0526. The maximum absolute atomic E-state index is 4.50. The molecule has 4 rings (SSSR count). The van der Waals surface area contributed by atoms with E-state index in [1.807, 2.05) is 18.3 Å². The van der Waals surface area contributed by atoms with E-state index in [2.05, 4.69) is 66.0 Å². The predicted octanol–water partition coefficient (Wildman–Crippen LogP) is 4.18. The molecule has 1 fully saturated rings. The topological polar surface area (TPSA) is 28.7 Å². The SMILES string of the molecule is [CH]1[CH][CH][C](Cc2c(-c3ccccn3)[nH]c3ccccc23)[CH]1. The number of rotatable bonds is 3. The van der Waals surface area contributed by atoms with Crippen molar-refractivity contribution in [1.29, 1.82) is 0 Å². The number of nitrogens with one attached hydrogen (secondary N) is 1. The lowest BCUT2D eigenvalue weighted by Gasteiger charge is -2.09. The zero-order valence-corrected chi connectivity index (χ0v) is 11.6. The van der Waals surface area contributed by atoms with Gasteiger partial charge in [0.05, 0.1) is 11.4 Å². The highest BCUT2D eigenvalue weighted by Crippen LogP contribution is 2.35. The number of fused-ring (bicyclic) bond motifs is 1. The molecule has 1 saturated carbocycles. The number of hydrogen-bond donors (Lipinski definition) is 1. The highest BCUT2D eigenvalue weighted by Gasteiger charge is 2.22. The lowest BCUT2D eigenvalue weighted by molar-refractivity contribution is 1.05. The van der Waals surface area contributed by atoms with Gasteiger partial charge in [-0.25, -0.2) is 0 Å². The molecule has 2 heteroatoms. The minimum atomic E-state index is 0.920. The molecule has 0 saturated heterocycles. The lowest BCUT2D eigenvalue weighted by Crippen LogP contribution is -1.99. The Morgan fingerprint density at radius 3 is 2.52 bits per heavy atom. The minimum Gasteiger partial charge on any atom is -0.353 e. The van der Waals surface area contributed by atoms with Crippen LogP contribution >= 0.6 is 0 Å². The molecule has 1 N–H and O–H groups in total. The number of aromatic amines is 1. The first-order valence-electron chi connectivity index (χ1n) is 7.13. The van der Waals surface area contributed by atoms with Gasteiger partial charge in [0.15, 0.2) is 0 Å². The number of aromatic nitrogens is 2. The van der Waals surface area contributed by atoms with Crippen molar-refractivity contribution in [3.05, 3.63) is 85.8 Å². The van der Waals surface area contributed by atoms with Crippen molar-refractivity contribution in [1.82, 2.24) is 9.97 Å². The van der Waals surface area contributed by atoms with Gasteiger partial charge in [0.25, 0.3) is 0 Å². The summed E-state index contributed by atoms with van der Waals surface area (Å²) in [6.45, 7) is 0. The highest BCUT2D eigenvalue weighted by molar-refractivity contribution is 5.90. The van der Waals surface area contributed by atoms with Crippen LogP contribution in [-0.2, 0) is 6.42 Å². The third kappa shape index (κ3) is 2.35. The maximum Gasteiger partial charge on any atom is 0.0867 e. The second-order valence-corrected chi connectivity index (χ2v) is 5.21. The van der Waals surface area contributed by atoms with Crippen molar-refractivity contribution in [2.45, 2.75) is 6.42 Å². The smallest absolute Gasteiger partial charge is 0.0867 e. The van der Waals surface area contributed by atoms with E-state index in [1.165, 1.54) is 22.4 Å². The quantitative estimate of drug-likeness (QED) is 0.760. The van der Waals surface area contributed by atoms with E-state index < -0.39 is 0 Å². The Hall–Kier alpha value is -2.09. The minimum absolute atomic E-state index is 0.920. The molecule has 101 valence electrons. The molecular formula is C19H15N2. The summed E-state index contributed by atoms with van der Waals surface area (Å²) in [5.74, 6) is 1.33. The zero-order valence-electron chi connectivity index (χ0n) is 11.6. The molecule has 0 atom stereocenters. The maximum atomic E-state index is 4.50. The van der Waals surface area contributed by atoms with Gasteiger partial charge in [0, 0.05) is 17.1 Å². The van der Waals surface area contributed by atoms with E-state index in [1.54, 1.807) is 0 Å². The van der Waals surface area contributed by atoms with Gasteiger partial charge < -0.3 is 4.98 Å². The van der Waals surface area contributed by atoms with Crippen LogP contribution in [0, 0.1) is 31.6 Å². The molecule has 0 bridgehead atoms. The highest BCUT2D eigenvalue weighted by atomic mass is 14.8. The van der Waals surface area contributed by atoms with Crippen LogP contribution in [-0.4, -0.2) is 9.97 Å². The van der Waals surface area contributed by atoms with Gasteiger partial charge in [0.2, 0.25) is 0 Å². The number of H-pyrrole nitrogens is 1.